The Hall–Kier alpha value is -1.77. The molecule has 0 radical (unpaired) electrons. The van der Waals surface area contributed by atoms with Crippen LogP contribution < -0.4 is 10.1 Å². The van der Waals surface area contributed by atoms with Crippen molar-refractivity contribution in [3.63, 3.8) is 0 Å². The lowest BCUT2D eigenvalue weighted by Gasteiger charge is -2.24. The van der Waals surface area contributed by atoms with Gasteiger partial charge in [0.2, 0.25) is 5.91 Å². The van der Waals surface area contributed by atoms with E-state index in [1.807, 2.05) is 31.2 Å². The topological polar surface area (TPSA) is 38.3 Å². The predicted molar refractivity (Wildman–Crippen MR) is 90.0 cm³/mol. The van der Waals surface area contributed by atoms with Crippen LogP contribution in [0.25, 0.3) is 0 Å². The molecule has 1 N–H and O–H groups in total. The van der Waals surface area contributed by atoms with Crippen LogP contribution in [0.3, 0.4) is 0 Å². The molecule has 0 aliphatic heterocycles. The highest BCUT2D eigenvalue weighted by Gasteiger charge is 2.19. The Balaban J connectivity index is 1.80. The number of ether oxygens (including phenoxy) is 1. The Labute approximate surface area is 133 Å². The molecule has 1 atom stereocenters. The molecule has 2 rings (SSSR count). The van der Waals surface area contributed by atoms with Crippen LogP contribution in [0.4, 0.5) is 0 Å². The molecule has 1 aliphatic carbocycles. The molecular formula is C19H27NO2. The molecule has 3 nitrogen and oxygen atoms in total. The maximum absolute atomic E-state index is 12.3. The van der Waals surface area contributed by atoms with E-state index in [0.29, 0.717) is 12.6 Å². The first kappa shape index (κ1) is 16.6. The van der Waals surface area contributed by atoms with Crippen LogP contribution in [0, 0.1) is 5.92 Å². The first-order valence-corrected chi connectivity index (χ1v) is 8.32. The third kappa shape index (κ3) is 5.21. The number of benzene rings is 1. The zero-order chi connectivity index (χ0) is 15.8. The van der Waals surface area contributed by atoms with Crippen molar-refractivity contribution < 1.29 is 9.53 Å². The molecule has 1 fully saturated rings. The van der Waals surface area contributed by atoms with Gasteiger partial charge in [0.1, 0.15) is 12.4 Å². The number of amides is 1. The number of hydrogen-bond acceptors (Lipinski definition) is 2. The smallest absolute Gasteiger partial charge is 0.223 e. The molecule has 1 amide bonds. The fraction of sp³-hybridized carbons (Fsp3) is 0.526. The first-order chi connectivity index (χ1) is 10.7. The average Bonchev–Trinajstić information content (AvgIpc) is 2.55. The van der Waals surface area contributed by atoms with Crippen LogP contribution in [-0.2, 0) is 11.2 Å². The number of carbonyl (C=O) groups excluding carboxylic acids is 1. The van der Waals surface area contributed by atoms with E-state index in [-0.39, 0.29) is 11.8 Å². The maximum Gasteiger partial charge on any atom is 0.223 e. The normalized spacial score (nSPS) is 16.8. The summed E-state index contributed by atoms with van der Waals surface area (Å²) in [6.07, 6.45) is 8.55. The number of rotatable bonds is 7. The van der Waals surface area contributed by atoms with E-state index in [0.717, 1.165) is 30.6 Å². The van der Waals surface area contributed by atoms with Gasteiger partial charge >= 0.3 is 0 Å². The van der Waals surface area contributed by atoms with E-state index in [2.05, 4.69) is 11.9 Å². The van der Waals surface area contributed by atoms with E-state index in [1.54, 1.807) is 6.08 Å². The summed E-state index contributed by atoms with van der Waals surface area (Å²) in [7, 11) is 0. The molecular weight excluding hydrogens is 274 g/mol. The summed E-state index contributed by atoms with van der Waals surface area (Å²) in [5.74, 6) is 1.02. The minimum atomic E-state index is 0.00173. The summed E-state index contributed by atoms with van der Waals surface area (Å²) in [5.41, 5.74) is 1.16. The van der Waals surface area contributed by atoms with Crippen LogP contribution in [0.2, 0.25) is 0 Å². The highest BCUT2D eigenvalue weighted by molar-refractivity contribution is 5.78. The number of hydrogen-bond donors (Lipinski definition) is 1. The van der Waals surface area contributed by atoms with Gasteiger partial charge in [-0.05, 0) is 37.0 Å². The lowest BCUT2D eigenvalue weighted by atomic mass is 9.94. The van der Waals surface area contributed by atoms with Gasteiger partial charge in [0.15, 0.2) is 0 Å². The molecule has 0 saturated heterocycles. The predicted octanol–water partition coefficient (Wildman–Crippen LogP) is 3.88. The standard InChI is InChI=1S/C19H27NO2/c1-3-13-22-18-11-9-16(10-12-18)14-15(2)19(21)20-17-7-5-4-6-8-17/h3,9-12,15,17H,1,4-8,13-14H2,2H3,(H,20,21). The van der Waals surface area contributed by atoms with E-state index in [9.17, 15) is 4.79 Å². The second kappa shape index (κ2) is 8.62. The minimum Gasteiger partial charge on any atom is -0.490 e. The molecule has 3 heteroatoms. The Morgan fingerprint density at radius 3 is 2.64 bits per heavy atom. The highest BCUT2D eigenvalue weighted by atomic mass is 16.5. The largest absolute Gasteiger partial charge is 0.490 e. The Morgan fingerprint density at radius 2 is 2.00 bits per heavy atom. The Kier molecular flexibility index (Phi) is 6.50. The molecule has 1 unspecified atom stereocenters. The summed E-state index contributed by atoms with van der Waals surface area (Å²) in [6.45, 7) is 6.14. The van der Waals surface area contributed by atoms with Crippen molar-refractivity contribution in [2.75, 3.05) is 6.61 Å². The summed E-state index contributed by atoms with van der Waals surface area (Å²) in [5, 5.41) is 3.20. The van der Waals surface area contributed by atoms with Gasteiger partial charge in [0, 0.05) is 12.0 Å². The zero-order valence-electron chi connectivity index (χ0n) is 13.5. The fourth-order valence-corrected chi connectivity index (χ4v) is 2.91. The van der Waals surface area contributed by atoms with Crippen LogP contribution in [0.5, 0.6) is 5.75 Å². The van der Waals surface area contributed by atoms with Gasteiger partial charge in [-0.2, -0.15) is 0 Å². The van der Waals surface area contributed by atoms with Gasteiger partial charge in [0.05, 0.1) is 0 Å². The van der Waals surface area contributed by atoms with Gasteiger partial charge in [-0.15, -0.1) is 0 Å². The summed E-state index contributed by atoms with van der Waals surface area (Å²) in [4.78, 5) is 12.3. The van der Waals surface area contributed by atoms with Crippen molar-refractivity contribution in [2.45, 2.75) is 51.5 Å². The van der Waals surface area contributed by atoms with E-state index in [4.69, 9.17) is 4.74 Å². The fourth-order valence-electron chi connectivity index (χ4n) is 2.91. The molecule has 22 heavy (non-hydrogen) atoms. The van der Waals surface area contributed by atoms with Crippen molar-refractivity contribution >= 4 is 5.91 Å². The summed E-state index contributed by atoms with van der Waals surface area (Å²) >= 11 is 0. The SMILES string of the molecule is C=CCOc1ccc(CC(C)C(=O)NC2CCCCC2)cc1. The molecule has 0 bridgehead atoms. The van der Waals surface area contributed by atoms with Crippen LogP contribution in [-0.4, -0.2) is 18.6 Å². The van der Waals surface area contributed by atoms with Crippen molar-refractivity contribution in [2.24, 2.45) is 5.92 Å². The third-order valence-corrected chi connectivity index (χ3v) is 4.23. The van der Waals surface area contributed by atoms with Gasteiger partial charge < -0.3 is 10.1 Å². The van der Waals surface area contributed by atoms with E-state index in [1.165, 1.54) is 19.3 Å². The molecule has 1 aliphatic rings. The first-order valence-electron chi connectivity index (χ1n) is 8.32. The zero-order valence-corrected chi connectivity index (χ0v) is 13.5. The highest BCUT2D eigenvalue weighted by Crippen LogP contribution is 2.19. The lowest BCUT2D eigenvalue weighted by molar-refractivity contribution is -0.125. The second-order valence-corrected chi connectivity index (χ2v) is 6.19. The lowest BCUT2D eigenvalue weighted by Crippen LogP contribution is -2.39. The number of carbonyl (C=O) groups is 1. The van der Waals surface area contributed by atoms with Crippen molar-refractivity contribution in [1.82, 2.24) is 5.32 Å². The van der Waals surface area contributed by atoms with Crippen molar-refractivity contribution in [1.29, 1.82) is 0 Å². The maximum atomic E-state index is 12.3. The molecule has 1 aromatic carbocycles. The molecule has 0 heterocycles. The quantitative estimate of drug-likeness (QED) is 0.776. The summed E-state index contributed by atoms with van der Waals surface area (Å²) in [6, 6.07) is 8.35. The number of nitrogens with one attached hydrogen (secondary N) is 1. The molecule has 120 valence electrons. The van der Waals surface area contributed by atoms with Gasteiger partial charge in [0.25, 0.3) is 0 Å². The van der Waals surface area contributed by atoms with Crippen molar-refractivity contribution in [3.8, 4) is 5.75 Å². The molecule has 1 aromatic rings. The van der Waals surface area contributed by atoms with Crippen LogP contribution in [0.15, 0.2) is 36.9 Å². The van der Waals surface area contributed by atoms with Crippen LogP contribution in [0.1, 0.15) is 44.6 Å². The third-order valence-electron chi connectivity index (χ3n) is 4.23. The minimum absolute atomic E-state index is 0.00173. The summed E-state index contributed by atoms with van der Waals surface area (Å²) < 4.78 is 5.47. The van der Waals surface area contributed by atoms with E-state index < -0.39 is 0 Å². The monoisotopic (exact) mass is 301 g/mol. The molecule has 0 aromatic heterocycles. The van der Waals surface area contributed by atoms with E-state index >= 15 is 0 Å². The second-order valence-electron chi connectivity index (χ2n) is 6.19. The Bertz CT molecular complexity index is 475. The van der Waals surface area contributed by atoms with Crippen LogP contribution >= 0.6 is 0 Å². The van der Waals surface area contributed by atoms with Crippen molar-refractivity contribution in [3.05, 3.63) is 42.5 Å². The Morgan fingerprint density at radius 1 is 1.32 bits per heavy atom. The van der Waals surface area contributed by atoms with Gasteiger partial charge in [-0.1, -0.05) is 51.0 Å². The van der Waals surface area contributed by atoms with Gasteiger partial charge in [-0.3, -0.25) is 4.79 Å². The van der Waals surface area contributed by atoms with Gasteiger partial charge in [-0.25, -0.2) is 0 Å². The molecule has 1 saturated carbocycles. The molecule has 0 spiro atoms. The average molecular weight is 301 g/mol.